The maximum absolute atomic E-state index is 5.70. The number of benzene rings is 1. The number of hydrogen-bond acceptors (Lipinski definition) is 3. The van der Waals surface area contributed by atoms with Crippen molar-refractivity contribution in [3.05, 3.63) is 67.3 Å². The number of hydrogen-bond donors (Lipinski definition) is 1. The van der Waals surface area contributed by atoms with Crippen LogP contribution in [-0.4, -0.2) is 9.97 Å². The van der Waals surface area contributed by atoms with E-state index in [9.17, 15) is 0 Å². The SMILES string of the molecule is Nc1ccc(-c2cncc(-c3cccnc3)c2)cc1. The van der Waals surface area contributed by atoms with Gasteiger partial charge < -0.3 is 5.73 Å². The maximum Gasteiger partial charge on any atom is 0.0347 e. The Hall–Kier alpha value is -2.68. The second-order valence-corrected chi connectivity index (χ2v) is 4.33. The Morgan fingerprint density at radius 3 is 2.05 bits per heavy atom. The first kappa shape index (κ1) is 11.4. The highest BCUT2D eigenvalue weighted by atomic mass is 14.6. The van der Waals surface area contributed by atoms with Crippen LogP contribution >= 0.6 is 0 Å². The van der Waals surface area contributed by atoms with Gasteiger partial charge in [-0.05, 0) is 29.8 Å². The van der Waals surface area contributed by atoms with Gasteiger partial charge in [-0.15, -0.1) is 0 Å². The van der Waals surface area contributed by atoms with Gasteiger partial charge >= 0.3 is 0 Å². The maximum atomic E-state index is 5.70. The quantitative estimate of drug-likeness (QED) is 0.706. The molecule has 1 aromatic carbocycles. The van der Waals surface area contributed by atoms with Crippen LogP contribution in [0.2, 0.25) is 0 Å². The van der Waals surface area contributed by atoms with Crippen LogP contribution in [0, 0.1) is 0 Å². The van der Waals surface area contributed by atoms with Crippen LogP contribution in [0.5, 0.6) is 0 Å². The zero-order valence-corrected chi connectivity index (χ0v) is 10.3. The van der Waals surface area contributed by atoms with E-state index in [0.29, 0.717) is 0 Å². The number of pyridine rings is 2. The summed E-state index contributed by atoms with van der Waals surface area (Å²) in [5.41, 5.74) is 10.8. The van der Waals surface area contributed by atoms with E-state index < -0.39 is 0 Å². The van der Waals surface area contributed by atoms with Crippen molar-refractivity contribution in [2.75, 3.05) is 5.73 Å². The van der Waals surface area contributed by atoms with Crippen LogP contribution in [0.3, 0.4) is 0 Å². The van der Waals surface area contributed by atoms with Gasteiger partial charge in [0.25, 0.3) is 0 Å². The fraction of sp³-hybridized carbons (Fsp3) is 0. The molecule has 2 heterocycles. The number of nitrogen functional groups attached to an aromatic ring is 1. The van der Waals surface area contributed by atoms with Crippen LogP contribution in [-0.2, 0) is 0 Å². The fourth-order valence-electron chi connectivity index (χ4n) is 1.96. The van der Waals surface area contributed by atoms with E-state index >= 15 is 0 Å². The molecule has 92 valence electrons. The van der Waals surface area contributed by atoms with Gasteiger partial charge in [0.05, 0.1) is 0 Å². The molecule has 0 unspecified atom stereocenters. The molecule has 0 amide bonds. The van der Waals surface area contributed by atoms with Crippen LogP contribution in [0.25, 0.3) is 22.3 Å². The fourth-order valence-corrected chi connectivity index (χ4v) is 1.96. The molecule has 0 fully saturated rings. The molecule has 3 nitrogen and oxygen atoms in total. The molecule has 0 saturated carbocycles. The minimum absolute atomic E-state index is 0.764. The monoisotopic (exact) mass is 247 g/mol. The number of aromatic nitrogens is 2. The molecule has 0 bridgehead atoms. The molecule has 3 rings (SSSR count). The topological polar surface area (TPSA) is 51.8 Å². The van der Waals surface area contributed by atoms with Crippen molar-refractivity contribution >= 4 is 5.69 Å². The molecule has 0 aliphatic heterocycles. The Bertz CT molecular complexity index is 676. The smallest absolute Gasteiger partial charge is 0.0347 e. The molecular weight excluding hydrogens is 234 g/mol. The van der Waals surface area contributed by atoms with Crippen molar-refractivity contribution in [1.29, 1.82) is 0 Å². The van der Waals surface area contributed by atoms with E-state index in [1.165, 1.54) is 0 Å². The third-order valence-electron chi connectivity index (χ3n) is 2.98. The van der Waals surface area contributed by atoms with Gasteiger partial charge in [-0.3, -0.25) is 9.97 Å². The summed E-state index contributed by atoms with van der Waals surface area (Å²) in [6.07, 6.45) is 7.30. The lowest BCUT2D eigenvalue weighted by molar-refractivity contribution is 1.30. The third kappa shape index (κ3) is 2.45. The second-order valence-electron chi connectivity index (χ2n) is 4.33. The van der Waals surface area contributed by atoms with Gasteiger partial charge in [-0.25, -0.2) is 0 Å². The molecular formula is C16H13N3. The van der Waals surface area contributed by atoms with Crippen LogP contribution in [0.1, 0.15) is 0 Å². The molecule has 2 N–H and O–H groups in total. The van der Waals surface area contributed by atoms with Crippen molar-refractivity contribution in [2.24, 2.45) is 0 Å². The normalized spacial score (nSPS) is 10.3. The Morgan fingerprint density at radius 2 is 1.37 bits per heavy atom. The summed E-state index contributed by atoms with van der Waals surface area (Å²) in [7, 11) is 0. The Kier molecular flexibility index (Phi) is 2.94. The average molecular weight is 247 g/mol. The summed E-state index contributed by atoms with van der Waals surface area (Å²) < 4.78 is 0. The van der Waals surface area contributed by atoms with Crippen LogP contribution in [0.15, 0.2) is 67.3 Å². The van der Waals surface area contributed by atoms with E-state index in [1.54, 1.807) is 6.20 Å². The Labute approximate surface area is 111 Å². The summed E-state index contributed by atoms with van der Waals surface area (Å²) >= 11 is 0. The first-order valence-corrected chi connectivity index (χ1v) is 6.04. The lowest BCUT2D eigenvalue weighted by Gasteiger charge is -2.05. The van der Waals surface area contributed by atoms with Gasteiger partial charge in [0.15, 0.2) is 0 Å². The van der Waals surface area contributed by atoms with Crippen molar-refractivity contribution in [3.8, 4) is 22.3 Å². The van der Waals surface area contributed by atoms with Crippen LogP contribution < -0.4 is 5.73 Å². The highest BCUT2D eigenvalue weighted by Crippen LogP contribution is 2.25. The number of rotatable bonds is 2. The molecule has 0 saturated heterocycles. The molecule has 3 aromatic rings. The van der Waals surface area contributed by atoms with Gasteiger partial charge in [-0.1, -0.05) is 18.2 Å². The molecule has 0 aliphatic rings. The van der Waals surface area contributed by atoms with E-state index in [-0.39, 0.29) is 0 Å². The van der Waals surface area contributed by atoms with Crippen LogP contribution in [0.4, 0.5) is 5.69 Å². The lowest BCUT2D eigenvalue weighted by Crippen LogP contribution is -1.86. The van der Waals surface area contributed by atoms with Gasteiger partial charge in [0.1, 0.15) is 0 Å². The molecule has 0 atom stereocenters. The summed E-state index contributed by atoms with van der Waals surface area (Å²) in [4.78, 5) is 8.43. The highest BCUT2D eigenvalue weighted by Gasteiger charge is 2.02. The van der Waals surface area contributed by atoms with Crippen molar-refractivity contribution in [1.82, 2.24) is 9.97 Å². The second kappa shape index (κ2) is 4.90. The van der Waals surface area contributed by atoms with Crippen molar-refractivity contribution < 1.29 is 0 Å². The molecule has 0 radical (unpaired) electrons. The first-order valence-electron chi connectivity index (χ1n) is 6.04. The molecule has 19 heavy (non-hydrogen) atoms. The zero-order chi connectivity index (χ0) is 13.1. The third-order valence-corrected chi connectivity index (χ3v) is 2.98. The predicted octanol–water partition coefficient (Wildman–Crippen LogP) is 3.39. The van der Waals surface area contributed by atoms with Crippen molar-refractivity contribution in [2.45, 2.75) is 0 Å². The largest absolute Gasteiger partial charge is 0.399 e. The minimum atomic E-state index is 0.764. The number of anilines is 1. The summed E-state index contributed by atoms with van der Waals surface area (Å²) in [6.45, 7) is 0. The summed E-state index contributed by atoms with van der Waals surface area (Å²) in [6, 6.07) is 13.8. The first-order chi connectivity index (χ1) is 9.33. The summed E-state index contributed by atoms with van der Waals surface area (Å²) in [5, 5.41) is 0. The van der Waals surface area contributed by atoms with E-state index in [1.807, 2.05) is 55.0 Å². The summed E-state index contributed by atoms with van der Waals surface area (Å²) in [5.74, 6) is 0. The van der Waals surface area contributed by atoms with Crippen molar-refractivity contribution in [3.63, 3.8) is 0 Å². The Balaban J connectivity index is 2.03. The minimum Gasteiger partial charge on any atom is -0.399 e. The molecule has 0 spiro atoms. The van der Waals surface area contributed by atoms with Gasteiger partial charge in [0, 0.05) is 47.2 Å². The molecule has 2 aromatic heterocycles. The molecule has 3 heteroatoms. The van der Waals surface area contributed by atoms with E-state index in [2.05, 4.69) is 16.0 Å². The van der Waals surface area contributed by atoms with E-state index in [4.69, 9.17) is 5.73 Å². The average Bonchev–Trinajstić information content (AvgIpc) is 2.49. The number of nitrogens with zero attached hydrogens (tertiary/aromatic N) is 2. The number of nitrogens with two attached hydrogens (primary N) is 1. The highest BCUT2D eigenvalue weighted by molar-refractivity contribution is 5.71. The van der Waals surface area contributed by atoms with Gasteiger partial charge in [0.2, 0.25) is 0 Å². The molecule has 0 aliphatic carbocycles. The predicted molar refractivity (Wildman–Crippen MR) is 77.3 cm³/mol. The van der Waals surface area contributed by atoms with Gasteiger partial charge in [-0.2, -0.15) is 0 Å². The van der Waals surface area contributed by atoms with E-state index in [0.717, 1.165) is 27.9 Å². The lowest BCUT2D eigenvalue weighted by atomic mass is 10.0. The Morgan fingerprint density at radius 1 is 0.684 bits per heavy atom. The zero-order valence-electron chi connectivity index (χ0n) is 10.3. The standard InChI is InChI=1S/C16H13N3/c17-16-5-3-12(4-6-16)14-8-15(11-19-10-14)13-2-1-7-18-9-13/h1-11H,17H2.